The molecule has 0 aliphatic heterocycles. The van der Waals surface area contributed by atoms with Crippen molar-refractivity contribution in [2.45, 2.75) is 13.3 Å². The molecule has 148 valence electrons. The predicted molar refractivity (Wildman–Crippen MR) is 103 cm³/mol. The van der Waals surface area contributed by atoms with Crippen LogP contribution in [-0.4, -0.2) is 26.6 Å². The van der Waals surface area contributed by atoms with E-state index in [1.54, 1.807) is 6.07 Å². The van der Waals surface area contributed by atoms with Crippen LogP contribution in [0.25, 0.3) is 0 Å². The largest absolute Gasteiger partial charge is 0.333 e. The highest BCUT2D eigenvalue weighted by Crippen LogP contribution is 2.18. The van der Waals surface area contributed by atoms with Gasteiger partial charge in [0.15, 0.2) is 5.15 Å². The second-order valence-corrected chi connectivity index (χ2v) is 5.98. The van der Waals surface area contributed by atoms with Gasteiger partial charge in [0, 0.05) is 24.2 Å². The minimum Gasteiger partial charge on any atom is -0.333 e. The number of carbonyl (C=O) groups is 1. The van der Waals surface area contributed by atoms with Crippen LogP contribution in [0.15, 0.2) is 54.1 Å². The van der Waals surface area contributed by atoms with E-state index in [0.717, 1.165) is 12.1 Å². The summed E-state index contributed by atoms with van der Waals surface area (Å²) >= 11 is 5.87. The van der Waals surface area contributed by atoms with Gasteiger partial charge in [-0.1, -0.05) is 29.7 Å². The number of hydrogen-bond acceptors (Lipinski definition) is 6. The second-order valence-electron chi connectivity index (χ2n) is 5.62. The van der Waals surface area contributed by atoms with E-state index >= 15 is 0 Å². The van der Waals surface area contributed by atoms with E-state index in [1.807, 2.05) is 6.92 Å². The van der Waals surface area contributed by atoms with Crippen LogP contribution in [0.5, 0.6) is 5.88 Å². The molecule has 0 fully saturated rings. The SMILES string of the molecule is CCC(=NOc1nccnc1Cl)c1ccc(NC(=O)c2c(F)cccc2F)nc1. The number of halogens is 3. The van der Waals surface area contributed by atoms with Crippen LogP contribution in [-0.2, 0) is 0 Å². The van der Waals surface area contributed by atoms with Gasteiger partial charge in [0.25, 0.3) is 11.8 Å². The lowest BCUT2D eigenvalue weighted by molar-refractivity contribution is 0.101. The average Bonchev–Trinajstić information content (AvgIpc) is 2.70. The number of anilines is 1. The van der Waals surface area contributed by atoms with E-state index < -0.39 is 23.1 Å². The zero-order valence-electron chi connectivity index (χ0n) is 15.1. The number of aromatic nitrogens is 3. The summed E-state index contributed by atoms with van der Waals surface area (Å²) in [6, 6.07) is 6.29. The summed E-state index contributed by atoms with van der Waals surface area (Å²) < 4.78 is 27.4. The third-order valence-electron chi connectivity index (χ3n) is 3.73. The van der Waals surface area contributed by atoms with Gasteiger partial charge >= 0.3 is 0 Å². The Morgan fingerprint density at radius 3 is 2.48 bits per heavy atom. The van der Waals surface area contributed by atoms with Crippen molar-refractivity contribution in [3.05, 3.63) is 76.8 Å². The lowest BCUT2D eigenvalue weighted by Crippen LogP contribution is -2.16. The normalized spacial score (nSPS) is 11.2. The Morgan fingerprint density at radius 2 is 1.86 bits per heavy atom. The Balaban J connectivity index is 1.74. The van der Waals surface area contributed by atoms with E-state index in [0.29, 0.717) is 17.7 Å². The summed E-state index contributed by atoms with van der Waals surface area (Å²) in [7, 11) is 0. The van der Waals surface area contributed by atoms with Crippen molar-refractivity contribution in [1.82, 2.24) is 15.0 Å². The molecule has 1 aromatic carbocycles. The Kier molecular flexibility index (Phi) is 6.40. The van der Waals surface area contributed by atoms with Gasteiger partial charge in [0.05, 0.1) is 5.71 Å². The number of pyridine rings is 1. The summed E-state index contributed by atoms with van der Waals surface area (Å²) in [4.78, 5) is 29.2. The summed E-state index contributed by atoms with van der Waals surface area (Å²) in [6.45, 7) is 1.86. The van der Waals surface area contributed by atoms with Gasteiger partial charge in [-0.3, -0.25) is 4.79 Å². The molecular formula is C19H14ClF2N5O2. The van der Waals surface area contributed by atoms with Crippen LogP contribution in [0.4, 0.5) is 14.6 Å². The Hall–Kier alpha value is -3.46. The third kappa shape index (κ3) is 4.88. The first-order chi connectivity index (χ1) is 14.0. The van der Waals surface area contributed by atoms with E-state index in [4.69, 9.17) is 16.4 Å². The van der Waals surface area contributed by atoms with Crippen molar-refractivity contribution in [2.75, 3.05) is 5.32 Å². The number of amides is 1. The van der Waals surface area contributed by atoms with Crippen LogP contribution in [0.1, 0.15) is 29.3 Å². The Morgan fingerprint density at radius 1 is 1.14 bits per heavy atom. The first-order valence-corrected chi connectivity index (χ1v) is 8.79. The summed E-state index contributed by atoms with van der Waals surface area (Å²) in [5, 5.41) is 6.43. The quantitative estimate of drug-likeness (QED) is 0.478. The lowest BCUT2D eigenvalue weighted by Gasteiger charge is -2.08. The molecular weight excluding hydrogens is 404 g/mol. The molecule has 0 unspecified atom stereocenters. The van der Waals surface area contributed by atoms with E-state index in [9.17, 15) is 13.6 Å². The maximum absolute atomic E-state index is 13.7. The maximum atomic E-state index is 13.7. The average molecular weight is 418 g/mol. The van der Waals surface area contributed by atoms with Crippen LogP contribution in [0.2, 0.25) is 5.15 Å². The molecule has 0 saturated heterocycles. The first-order valence-electron chi connectivity index (χ1n) is 8.41. The minimum absolute atomic E-state index is 0.0591. The van der Waals surface area contributed by atoms with Crippen LogP contribution in [0.3, 0.4) is 0 Å². The lowest BCUT2D eigenvalue weighted by atomic mass is 10.1. The first kappa shape index (κ1) is 20.3. The molecule has 0 aliphatic carbocycles. The van der Waals surface area contributed by atoms with Gasteiger partial charge in [0.1, 0.15) is 23.0 Å². The number of nitrogens with one attached hydrogen (secondary N) is 1. The highest BCUT2D eigenvalue weighted by atomic mass is 35.5. The molecule has 2 aromatic heterocycles. The minimum atomic E-state index is -0.959. The molecule has 0 atom stereocenters. The number of nitrogens with zero attached hydrogens (tertiary/aromatic N) is 4. The number of oxime groups is 1. The van der Waals surface area contributed by atoms with Crippen molar-refractivity contribution in [3.8, 4) is 5.88 Å². The van der Waals surface area contributed by atoms with Gasteiger partial charge in [-0.2, -0.15) is 0 Å². The monoisotopic (exact) mass is 417 g/mol. The van der Waals surface area contributed by atoms with Gasteiger partial charge < -0.3 is 10.2 Å². The third-order valence-corrected chi connectivity index (χ3v) is 3.99. The van der Waals surface area contributed by atoms with Crippen molar-refractivity contribution < 1.29 is 18.4 Å². The number of benzene rings is 1. The van der Waals surface area contributed by atoms with Gasteiger partial charge in [-0.25, -0.2) is 23.7 Å². The fourth-order valence-electron chi connectivity index (χ4n) is 2.32. The molecule has 0 spiro atoms. The summed E-state index contributed by atoms with van der Waals surface area (Å²) in [5.74, 6) is -2.68. The molecule has 7 nitrogen and oxygen atoms in total. The molecule has 1 N–H and O–H groups in total. The topological polar surface area (TPSA) is 89.4 Å². The molecule has 1 amide bonds. The standard InChI is InChI=1S/C19H14ClF2N5O2/c1-2-14(27-29-19-17(20)23-8-9-24-19)11-6-7-15(25-10-11)26-18(28)16-12(21)4-3-5-13(16)22/h3-10H,2H2,1H3,(H,25,26,28). The molecule has 10 heteroatoms. The zero-order valence-corrected chi connectivity index (χ0v) is 15.8. The smallest absolute Gasteiger partial charge is 0.286 e. The van der Waals surface area contributed by atoms with E-state index in [2.05, 4.69) is 25.4 Å². The molecule has 0 radical (unpaired) electrons. The Bertz CT molecular complexity index is 1040. The van der Waals surface area contributed by atoms with Crippen molar-refractivity contribution >= 4 is 29.0 Å². The van der Waals surface area contributed by atoms with Crippen LogP contribution in [0, 0.1) is 11.6 Å². The molecule has 3 aromatic rings. The van der Waals surface area contributed by atoms with E-state index in [1.165, 1.54) is 30.7 Å². The number of hydrogen-bond donors (Lipinski definition) is 1. The molecule has 0 bridgehead atoms. The summed E-state index contributed by atoms with van der Waals surface area (Å²) in [6.07, 6.45) is 4.78. The molecule has 29 heavy (non-hydrogen) atoms. The van der Waals surface area contributed by atoms with Crippen LogP contribution >= 0.6 is 11.6 Å². The Labute approximate surface area is 169 Å². The van der Waals surface area contributed by atoms with Crippen molar-refractivity contribution in [3.63, 3.8) is 0 Å². The summed E-state index contributed by atoms with van der Waals surface area (Å²) in [5.41, 5.74) is 0.475. The zero-order chi connectivity index (χ0) is 20.8. The van der Waals surface area contributed by atoms with Gasteiger partial charge in [0.2, 0.25) is 0 Å². The maximum Gasteiger partial charge on any atom is 0.286 e. The molecule has 0 saturated carbocycles. The van der Waals surface area contributed by atoms with Crippen LogP contribution < -0.4 is 10.2 Å². The fourth-order valence-corrected chi connectivity index (χ4v) is 2.46. The molecule has 3 rings (SSSR count). The van der Waals surface area contributed by atoms with Gasteiger partial charge in [-0.15, -0.1) is 0 Å². The van der Waals surface area contributed by atoms with Crippen molar-refractivity contribution in [1.29, 1.82) is 0 Å². The van der Waals surface area contributed by atoms with E-state index in [-0.39, 0.29) is 16.9 Å². The van der Waals surface area contributed by atoms with Crippen molar-refractivity contribution in [2.24, 2.45) is 5.16 Å². The fraction of sp³-hybridized carbons (Fsp3) is 0.105. The molecule has 0 aliphatic rings. The van der Waals surface area contributed by atoms with Gasteiger partial charge in [-0.05, 0) is 30.7 Å². The number of carbonyl (C=O) groups excluding carboxylic acids is 1. The second kappa shape index (κ2) is 9.16. The highest BCUT2D eigenvalue weighted by molar-refractivity contribution is 6.30. The highest BCUT2D eigenvalue weighted by Gasteiger charge is 2.17. The number of rotatable bonds is 6. The predicted octanol–water partition coefficient (Wildman–Crippen LogP) is 4.25. The molecule has 2 heterocycles.